The summed E-state index contributed by atoms with van der Waals surface area (Å²) in [5.41, 5.74) is 0.174. The van der Waals surface area contributed by atoms with Crippen LogP contribution in [0.4, 0.5) is 0 Å². The summed E-state index contributed by atoms with van der Waals surface area (Å²) in [5.74, 6) is -1.71. The smallest absolute Gasteiger partial charge is 0.341 e. The minimum atomic E-state index is -1.38. The maximum atomic E-state index is 12.5. The van der Waals surface area contributed by atoms with E-state index in [1.54, 1.807) is 32.9 Å². The molecule has 0 spiro atoms. The number of aryl methyl sites for hydroxylation is 1. The summed E-state index contributed by atoms with van der Waals surface area (Å²) in [5, 5.41) is 13.5. The minimum Gasteiger partial charge on any atom is -0.477 e. The largest absolute Gasteiger partial charge is 0.477 e. The predicted octanol–water partition coefficient (Wildman–Crippen LogP) is 2.78. The highest BCUT2D eigenvalue weighted by atomic mass is 16.4. The second-order valence-electron chi connectivity index (χ2n) is 6.76. The van der Waals surface area contributed by atoms with Crippen LogP contribution in [0.3, 0.4) is 0 Å². The fourth-order valence-corrected chi connectivity index (χ4v) is 2.27. The summed E-state index contributed by atoms with van der Waals surface area (Å²) < 4.78 is 1.00. The third kappa shape index (κ3) is 3.13. The van der Waals surface area contributed by atoms with Gasteiger partial charge in [0.05, 0.1) is 5.69 Å². The van der Waals surface area contributed by atoms with Gasteiger partial charge in [-0.05, 0) is 37.1 Å². The normalized spacial score (nSPS) is 11.4. The molecule has 2 rings (SSSR count). The van der Waals surface area contributed by atoms with Crippen molar-refractivity contribution in [1.82, 2.24) is 9.78 Å². The second kappa shape index (κ2) is 6.03. The van der Waals surface area contributed by atoms with E-state index in [-0.39, 0.29) is 11.5 Å². The monoisotopic (exact) mass is 328 g/mol. The molecule has 126 valence electrons. The molecule has 0 bridgehead atoms. The van der Waals surface area contributed by atoms with Crippen molar-refractivity contribution in [3.63, 3.8) is 0 Å². The quantitative estimate of drug-likeness (QED) is 0.875. The molecule has 0 radical (unpaired) electrons. The van der Waals surface area contributed by atoms with E-state index in [2.05, 4.69) is 5.10 Å². The Morgan fingerprint density at radius 3 is 2.33 bits per heavy atom. The fourth-order valence-electron chi connectivity index (χ4n) is 2.27. The number of nitrogens with zero attached hydrogens (tertiary/aromatic N) is 2. The van der Waals surface area contributed by atoms with Gasteiger partial charge in [-0.2, -0.15) is 9.78 Å². The lowest BCUT2D eigenvalue weighted by Gasteiger charge is -2.17. The van der Waals surface area contributed by atoms with E-state index in [4.69, 9.17) is 0 Å². The van der Waals surface area contributed by atoms with Crippen molar-refractivity contribution >= 4 is 11.8 Å². The number of carbonyl (C=O) groups is 2. The highest BCUT2D eigenvalue weighted by Gasteiger charge is 2.27. The van der Waals surface area contributed by atoms with Gasteiger partial charge in [-0.1, -0.05) is 32.9 Å². The first kappa shape index (κ1) is 17.6. The van der Waals surface area contributed by atoms with Gasteiger partial charge in [0, 0.05) is 5.41 Å². The molecule has 0 atom stereocenters. The molecule has 0 saturated carbocycles. The number of aromatic carboxylic acids is 1. The standard InChI is InChI=1S/C18H20N2O4/c1-10-7-6-8-14(11(10)2)20-16(22)12(17(23)24)9-13(19-20)15(21)18(3,4)5/h6-9H,1-5H3,(H,23,24). The molecule has 6 heteroatoms. The van der Waals surface area contributed by atoms with E-state index >= 15 is 0 Å². The number of carboxylic acid groups (broad SMARTS) is 1. The van der Waals surface area contributed by atoms with Gasteiger partial charge < -0.3 is 5.11 Å². The number of carboxylic acids is 1. The van der Waals surface area contributed by atoms with Crippen molar-refractivity contribution < 1.29 is 14.7 Å². The number of aromatic nitrogens is 2. The summed E-state index contributed by atoms with van der Waals surface area (Å²) in [6.45, 7) is 8.84. The van der Waals surface area contributed by atoms with Gasteiger partial charge in [-0.25, -0.2) is 4.79 Å². The molecular formula is C18H20N2O4. The van der Waals surface area contributed by atoms with Crippen LogP contribution in [0.25, 0.3) is 5.69 Å². The van der Waals surface area contributed by atoms with Crippen LogP contribution in [0.2, 0.25) is 0 Å². The molecule has 0 amide bonds. The van der Waals surface area contributed by atoms with Crippen LogP contribution in [0.1, 0.15) is 52.7 Å². The van der Waals surface area contributed by atoms with Crippen LogP contribution in [0, 0.1) is 19.3 Å². The Morgan fingerprint density at radius 1 is 1.17 bits per heavy atom. The minimum absolute atomic E-state index is 0.0413. The highest BCUT2D eigenvalue weighted by molar-refractivity contribution is 5.99. The van der Waals surface area contributed by atoms with Crippen LogP contribution < -0.4 is 5.56 Å². The number of hydrogen-bond donors (Lipinski definition) is 1. The van der Waals surface area contributed by atoms with E-state index in [1.807, 2.05) is 19.9 Å². The molecule has 1 aromatic carbocycles. The zero-order valence-electron chi connectivity index (χ0n) is 14.4. The van der Waals surface area contributed by atoms with E-state index in [1.165, 1.54) is 0 Å². The second-order valence-corrected chi connectivity index (χ2v) is 6.76. The SMILES string of the molecule is Cc1cccc(-n2nc(C(=O)C(C)(C)C)cc(C(=O)O)c2=O)c1C. The Morgan fingerprint density at radius 2 is 1.79 bits per heavy atom. The lowest BCUT2D eigenvalue weighted by molar-refractivity contribution is 0.0694. The lowest BCUT2D eigenvalue weighted by atomic mass is 9.88. The van der Waals surface area contributed by atoms with Gasteiger partial charge in [-0.3, -0.25) is 9.59 Å². The lowest BCUT2D eigenvalue weighted by Crippen LogP contribution is -2.32. The summed E-state index contributed by atoms with van der Waals surface area (Å²) in [6.07, 6.45) is 0. The molecule has 6 nitrogen and oxygen atoms in total. The fraction of sp³-hybridized carbons (Fsp3) is 0.333. The molecule has 1 heterocycles. The Balaban J connectivity index is 2.83. The van der Waals surface area contributed by atoms with Gasteiger partial charge in [-0.15, -0.1) is 0 Å². The third-order valence-corrected chi connectivity index (χ3v) is 3.86. The van der Waals surface area contributed by atoms with Crippen LogP contribution >= 0.6 is 0 Å². The number of benzene rings is 1. The summed E-state index contributed by atoms with van der Waals surface area (Å²) in [7, 11) is 0. The van der Waals surface area contributed by atoms with Gasteiger partial charge in [0.25, 0.3) is 5.56 Å². The maximum absolute atomic E-state index is 12.5. The Kier molecular flexibility index (Phi) is 4.42. The summed E-state index contributed by atoms with van der Waals surface area (Å²) in [6, 6.07) is 6.37. The first-order chi connectivity index (χ1) is 11.0. The summed E-state index contributed by atoms with van der Waals surface area (Å²) >= 11 is 0. The molecule has 2 aromatic rings. The average Bonchev–Trinajstić information content (AvgIpc) is 2.48. The third-order valence-electron chi connectivity index (χ3n) is 3.86. The van der Waals surface area contributed by atoms with Crippen LogP contribution in [-0.2, 0) is 0 Å². The Hall–Kier alpha value is -2.76. The van der Waals surface area contributed by atoms with E-state index in [0.29, 0.717) is 5.69 Å². The van der Waals surface area contributed by atoms with Gasteiger partial charge >= 0.3 is 5.97 Å². The molecule has 1 aromatic heterocycles. The van der Waals surface area contributed by atoms with Crippen LogP contribution in [0.15, 0.2) is 29.1 Å². The molecule has 0 aliphatic carbocycles. The molecule has 0 aliphatic rings. The topological polar surface area (TPSA) is 89.3 Å². The van der Waals surface area contributed by atoms with Crippen molar-refractivity contribution in [3.05, 3.63) is 57.0 Å². The number of Topliss-reactive ketones (excluding diaryl/α,β-unsaturated/α-hetero) is 1. The van der Waals surface area contributed by atoms with E-state index in [9.17, 15) is 19.5 Å². The van der Waals surface area contributed by atoms with Crippen LogP contribution in [-0.4, -0.2) is 26.6 Å². The average molecular weight is 328 g/mol. The zero-order valence-corrected chi connectivity index (χ0v) is 14.4. The molecule has 0 unspecified atom stereocenters. The van der Waals surface area contributed by atoms with Crippen molar-refractivity contribution in [2.24, 2.45) is 5.41 Å². The van der Waals surface area contributed by atoms with Crippen molar-refractivity contribution in [3.8, 4) is 5.69 Å². The summed E-state index contributed by atoms with van der Waals surface area (Å²) in [4.78, 5) is 36.5. The number of rotatable bonds is 3. The number of hydrogen-bond acceptors (Lipinski definition) is 4. The number of carbonyl (C=O) groups excluding carboxylic acids is 1. The molecule has 1 N–H and O–H groups in total. The van der Waals surface area contributed by atoms with Gasteiger partial charge in [0.15, 0.2) is 5.78 Å². The maximum Gasteiger partial charge on any atom is 0.341 e. The predicted molar refractivity (Wildman–Crippen MR) is 90.1 cm³/mol. The Labute approximate surface area is 139 Å². The molecule has 0 aliphatic heterocycles. The van der Waals surface area contributed by atoms with Crippen molar-refractivity contribution in [2.75, 3.05) is 0 Å². The molecule has 0 fully saturated rings. The molecule has 24 heavy (non-hydrogen) atoms. The Bertz CT molecular complexity index is 889. The van der Waals surface area contributed by atoms with Gasteiger partial charge in [0.1, 0.15) is 11.3 Å². The van der Waals surface area contributed by atoms with Crippen LogP contribution in [0.5, 0.6) is 0 Å². The van der Waals surface area contributed by atoms with E-state index in [0.717, 1.165) is 21.9 Å². The molecular weight excluding hydrogens is 308 g/mol. The first-order valence-corrected chi connectivity index (χ1v) is 7.53. The van der Waals surface area contributed by atoms with Gasteiger partial charge in [0.2, 0.25) is 0 Å². The highest BCUT2D eigenvalue weighted by Crippen LogP contribution is 2.21. The zero-order chi connectivity index (χ0) is 18.2. The number of ketones is 1. The molecule has 0 saturated heterocycles. The first-order valence-electron chi connectivity index (χ1n) is 7.53. The van der Waals surface area contributed by atoms with E-state index < -0.39 is 22.5 Å². The van der Waals surface area contributed by atoms with Crippen molar-refractivity contribution in [2.45, 2.75) is 34.6 Å². The van der Waals surface area contributed by atoms with Crippen molar-refractivity contribution in [1.29, 1.82) is 0 Å².